The second-order valence-corrected chi connectivity index (χ2v) is 5.09. The first kappa shape index (κ1) is 15.5. The van der Waals surface area contributed by atoms with E-state index in [-0.39, 0.29) is 24.4 Å². The molecule has 1 heterocycles. The topological polar surface area (TPSA) is 84.7 Å². The number of piperazine rings is 1. The summed E-state index contributed by atoms with van der Waals surface area (Å²) in [4.78, 5) is 25.3. The molecular formula is C15H21N3O3. The Morgan fingerprint density at radius 2 is 2.19 bits per heavy atom. The number of benzene rings is 1. The van der Waals surface area contributed by atoms with E-state index in [1.165, 1.54) is 0 Å². The number of methoxy groups -OCH3 is 1. The molecule has 2 rings (SSSR count). The molecular weight excluding hydrogens is 270 g/mol. The summed E-state index contributed by atoms with van der Waals surface area (Å²) in [6, 6.07) is 5.49. The van der Waals surface area contributed by atoms with Crippen molar-refractivity contribution in [3.8, 4) is 5.75 Å². The first-order valence-corrected chi connectivity index (χ1v) is 7.02. The lowest BCUT2D eigenvalue weighted by molar-refractivity contribution is -0.140. The SMILES string of the molecule is CCC1C(=O)NC(=O)CN1Cc1ccc(OC)c(CN)c1. The van der Waals surface area contributed by atoms with Gasteiger partial charge in [0.05, 0.1) is 19.7 Å². The normalized spacial score (nSPS) is 19.5. The van der Waals surface area contributed by atoms with Crippen molar-refractivity contribution >= 4 is 11.8 Å². The van der Waals surface area contributed by atoms with Gasteiger partial charge >= 0.3 is 0 Å². The Balaban J connectivity index is 2.19. The van der Waals surface area contributed by atoms with Crippen LogP contribution in [0.1, 0.15) is 24.5 Å². The minimum atomic E-state index is -0.272. The Morgan fingerprint density at radius 3 is 2.81 bits per heavy atom. The standard InChI is InChI=1S/C15H21N3O3/c1-3-12-15(20)17-14(19)9-18(12)8-10-4-5-13(21-2)11(6-10)7-16/h4-6,12H,3,7-9,16H2,1-2H3,(H,17,19,20). The summed E-state index contributed by atoms with van der Waals surface area (Å²) in [5.41, 5.74) is 7.64. The average molecular weight is 291 g/mol. The predicted molar refractivity (Wildman–Crippen MR) is 78.5 cm³/mol. The molecule has 1 aromatic carbocycles. The molecule has 1 unspecified atom stereocenters. The van der Waals surface area contributed by atoms with E-state index in [4.69, 9.17) is 10.5 Å². The number of nitrogens with zero attached hydrogens (tertiary/aromatic N) is 1. The molecule has 0 spiro atoms. The summed E-state index contributed by atoms with van der Waals surface area (Å²) in [7, 11) is 1.61. The Hall–Kier alpha value is -1.92. The third kappa shape index (κ3) is 3.40. The number of hydrogen-bond donors (Lipinski definition) is 2. The van der Waals surface area contributed by atoms with Gasteiger partial charge in [-0.15, -0.1) is 0 Å². The number of imide groups is 1. The van der Waals surface area contributed by atoms with E-state index in [0.29, 0.717) is 19.5 Å². The fraction of sp³-hybridized carbons (Fsp3) is 0.467. The van der Waals surface area contributed by atoms with Crippen molar-refractivity contribution in [2.24, 2.45) is 5.73 Å². The van der Waals surface area contributed by atoms with Crippen LogP contribution in [0.3, 0.4) is 0 Å². The van der Waals surface area contributed by atoms with E-state index in [0.717, 1.165) is 16.9 Å². The summed E-state index contributed by atoms with van der Waals surface area (Å²) in [6.45, 7) is 3.09. The van der Waals surface area contributed by atoms with Crippen LogP contribution in [-0.2, 0) is 22.7 Å². The molecule has 6 nitrogen and oxygen atoms in total. The third-order valence-corrected chi connectivity index (χ3v) is 3.69. The highest BCUT2D eigenvalue weighted by Crippen LogP contribution is 2.21. The average Bonchev–Trinajstić information content (AvgIpc) is 2.46. The molecule has 6 heteroatoms. The lowest BCUT2D eigenvalue weighted by atomic mass is 10.1. The number of rotatable bonds is 5. The van der Waals surface area contributed by atoms with Crippen LogP contribution >= 0.6 is 0 Å². The van der Waals surface area contributed by atoms with Gasteiger partial charge in [-0.05, 0) is 24.1 Å². The van der Waals surface area contributed by atoms with Crippen molar-refractivity contribution < 1.29 is 14.3 Å². The van der Waals surface area contributed by atoms with E-state index in [9.17, 15) is 9.59 Å². The van der Waals surface area contributed by atoms with Crippen LogP contribution in [0.2, 0.25) is 0 Å². The zero-order valence-corrected chi connectivity index (χ0v) is 12.4. The minimum absolute atomic E-state index is 0.221. The zero-order chi connectivity index (χ0) is 15.4. The van der Waals surface area contributed by atoms with Gasteiger partial charge in [-0.3, -0.25) is 19.8 Å². The summed E-state index contributed by atoms with van der Waals surface area (Å²) in [5, 5.41) is 2.38. The summed E-state index contributed by atoms with van der Waals surface area (Å²) < 4.78 is 5.25. The van der Waals surface area contributed by atoms with Crippen LogP contribution < -0.4 is 15.8 Å². The Bertz CT molecular complexity index is 545. The number of carbonyl (C=O) groups excluding carboxylic acids is 2. The number of nitrogens with two attached hydrogens (primary N) is 1. The van der Waals surface area contributed by atoms with Crippen LogP contribution in [0, 0.1) is 0 Å². The molecule has 1 aromatic rings. The van der Waals surface area contributed by atoms with Gasteiger partial charge in [0.25, 0.3) is 0 Å². The molecule has 0 bridgehead atoms. The van der Waals surface area contributed by atoms with Gasteiger partial charge in [-0.2, -0.15) is 0 Å². The summed E-state index contributed by atoms with van der Waals surface area (Å²) >= 11 is 0. The maximum absolute atomic E-state index is 11.8. The number of nitrogens with one attached hydrogen (secondary N) is 1. The molecule has 2 amide bonds. The largest absolute Gasteiger partial charge is 0.496 e. The van der Waals surface area contributed by atoms with E-state index in [1.807, 2.05) is 30.0 Å². The van der Waals surface area contributed by atoms with E-state index >= 15 is 0 Å². The van der Waals surface area contributed by atoms with Crippen molar-refractivity contribution in [1.82, 2.24) is 10.2 Å². The molecule has 1 aliphatic rings. The molecule has 1 fully saturated rings. The van der Waals surface area contributed by atoms with Crippen LogP contribution in [0.25, 0.3) is 0 Å². The van der Waals surface area contributed by atoms with Crippen molar-refractivity contribution in [3.05, 3.63) is 29.3 Å². The van der Waals surface area contributed by atoms with Gasteiger partial charge in [-0.25, -0.2) is 0 Å². The van der Waals surface area contributed by atoms with Gasteiger partial charge in [-0.1, -0.05) is 13.0 Å². The lowest BCUT2D eigenvalue weighted by Gasteiger charge is -2.33. The van der Waals surface area contributed by atoms with Crippen molar-refractivity contribution in [2.75, 3.05) is 13.7 Å². The Kier molecular flexibility index (Phi) is 4.93. The van der Waals surface area contributed by atoms with Gasteiger partial charge in [0.15, 0.2) is 0 Å². The van der Waals surface area contributed by atoms with Gasteiger partial charge < -0.3 is 10.5 Å². The van der Waals surface area contributed by atoms with E-state index < -0.39 is 0 Å². The number of ether oxygens (including phenoxy) is 1. The highest BCUT2D eigenvalue weighted by atomic mass is 16.5. The molecule has 0 radical (unpaired) electrons. The quantitative estimate of drug-likeness (QED) is 0.767. The third-order valence-electron chi connectivity index (χ3n) is 3.69. The van der Waals surface area contributed by atoms with Crippen LogP contribution in [0.4, 0.5) is 0 Å². The first-order chi connectivity index (χ1) is 10.1. The van der Waals surface area contributed by atoms with Crippen LogP contribution in [0.15, 0.2) is 18.2 Å². The molecule has 3 N–H and O–H groups in total. The summed E-state index contributed by atoms with van der Waals surface area (Å²) in [6.07, 6.45) is 0.666. The summed E-state index contributed by atoms with van der Waals surface area (Å²) in [5.74, 6) is 0.277. The van der Waals surface area contributed by atoms with Crippen LogP contribution in [0.5, 0.6) is 5.75 Å². The van der Waals surface area contributed by atoms with Crippen molar-refractivity contribution in [3.63, 3.8) is 0 Å². The van der Waals surface area contributed by atoms with Crippen LogP contribution in [-0.4, -0.2) is 36.4 Å². The fourth-order valence-corrected chi connectivity index (χ4v) is 2.65. The molecule has 0 aromatic heterocycles. The maximum atomic E-state index is 11.8. The number of hydrogen-bond acceptors (Lipinski definition) is 5. The smallest absolute Gasteiger partial charge is 0.243 e. The van der Waals surface area contributed by atoms with Gasteiger partial charge in [0.2, 0.25) is 11.8 Å². The monoisotopic (exact) mass is 291 g/mol. The highest BCUT2D eigenvalue weighted by molar-refractivity contribution is 6.01. The van der Waals surface area contributed by atoms with Gasteiger partial charge in [0, 0.05) is 18.7 Å². The Morgan fingerprint density at radius 1 is 1.43 bits per heavy atom. The number of carbonyl (C=O) groups is 2. The highest BCUT2D eigenvalue weighted by Gasteiger charge is 2.32. The predicted octanol–water partition coefficient (Wildman–Crippen LogP) is 0.391. The van der Waals surface area contributed by atoms with Crippen molar-refractivity contribution in [2.45, 2.75) is 32.5 Å². The fourth-order valence-electron chi connectivity index (χ4n) is 2.65. The van der Waals surface area contributed by atoms with Crippen molar-refractivity contribution in [1.29, 1.82) is 0 Å². The molecule has 114 valence electrons. The molecule has 0 saturated carbocycles. The minimum Gasteiger partial charge on any atom is -0.496 e. The molecule has 1 aliphatic heterocycles. The second-order valence-electron chi connectivity index (χ2n) is 5.09. The second kappa shape index (κ2) is 6.69. The first-order valence-electron chi connectivity index (χ1n) is 7.02. The molecule has 21 heavy (non-hydrogen) atoms. The number of amides is 2. The van der Waals surface area contributed by atoms with Gasteiger partial charge in [0.1, 0.15) is 5.75 Å². The maximum Gasteiger partial charge on any atom is 0.243 e. The molecule has 1 atom stereocenters. The lowest BCUT2D eigenvalue weighted by Crippen LogP contribution is -2.57. The van der Waals surface area contributed by atoms with E-state index in [2.05, 4.69) is 5.32 Å². The molecule has 1 saturated heterocycles. The zero-order valence-electron chi connectivity index (χ0n) is 12.4. The van der Waals surface area contributed by atoms with E-state index in [1.54, 1.807) is 7.11 Å². The molecule has 0 aliphatic carbocycles. The Labute approximate surface area is 124 Å².